The van der Waals surface area contributed by atoms with Crippen molar-refractivity contribution in [3.05, 3.63) is 76.0 Å². The fourth-order valence-electron chi connectivity index (χ4n) is 4.20. The maximum Gasteiger partial charge on any atom is 0.228 e. The Kier molecular flexibility index (Phi) is 5.40. The maximum atomic E-state index is 9.95. The molecule has 0 radical (unpaired) electrons. The molecule has 0 aliphatic carbocycles. The smallest absolute Gasteiger partial charge is 0.228 e. The third-order valence-electron chi connectivity index (χ3n) is 5.85. The summed E-state index contributed by atoms with van der Waals surface area (Å²) < 4.78 is 13.3. The number of nitrogens with one attached hydrogen (secondary N) is 1. The lowest BCUT2D eigenvalue weighted by molar-refractivity contribution is 0.0362. The van der Waals surface area contributed by atoms with Crippen molar-refractivity contribution < 1.29 is 14.6 Å². The van der Waals surface area contributed by atoms with Gasteiger partial charge in [0.15, 0.2) is 0 Å². The van der Waals surface area contributed by atoms with Crippen LogP contribution in [0.2, 0.25) is 5.02 Å². The van der Waals surface area contributed by atoms with E-state index in [2.05, 4.69) is 9.88 Å². The zero-order chi connectivity index (χ0) is 21.4. The lowest BCUT2D eigenvalue weighted by Gasteiger charge is -2.29. The standard InChI is InChI=1S/C23H23ClN4O3/c24-16-3-1-15(2-4-16)20-18-6-5-17(29)13-19(18)31-23-21(20)22(25)28(14-26-23)8-7-27-9-11-30-12-10-27/h1-6,13-14,20,25,29H,7-12H2. The number of hydrogen-bond donors (Lipinski definition) is 2. The Hall–Kier alpha value is -2.87. The number of morpholine rings is 1. The van der Waals surface area contributed by atoms with Crippen molar-refractivity contribution in [1.82, 2.24) is 14.5 Å². The highest BCUT2D eigenvalue weighted by molar-refractivity contribution is 6.30. The number of fused-ring (bicyclic) bond motifs is 2. The van der Waals surface area contributed by atoms with Gasteiger partial charge in [-0.2, -0.15) is 0 Å². The van der Waals surface area contributed by atoms with Crippen LogP contribution in [-0.2, 0) is 11.3 Å². The van der Waals surface area contributed by atoms with Crippen molar-refractivity contribution in [2.24, 2.45) is 0 Å². The van der Waals surface area contributed by atoms with E-state index in [1.54, 1.807) is 18.5 Å². The predicted molar refractivity (Wildman–Crippen MR) is 116 cm³/mol. The molecule has 1 unspecified atom stereocenters. The minimum atomic E-state index is -0.243. The Morgan fingerprint density at radius 1 is 1.10 bits per heavy atom. The average molecular weight is 439 g/mol. The molecule has 0 amide bonds. The Morgan fingerprint density at radius 3 is 2.65 bits per heavy atom. The van der Waals surface area contributed by atoms with Gasteiger partial charge in [-0.25, -0.2) is 4.98 Å². The van der Waals surface area contributed by atoms with Crippen LogP contribution in [0, 0.1) is 5.41 Å². The molecule has 160 valence electrons. The maximum absolute atomic E-state index is 9.95. The van der Waals surface area contributed by atoms with E-state index >= 15 is 0 Å². The van der Waals surface area contributed by atoms with Crippen LogP contribution in [0.4, 0.5) is 0 Å². The number of halogens is 1. The molecule has 2 N–H and O–H groups in total. The van der Waals surface area contributed by atoms with E-state index in [0.29, 0.717) is 34.2 Å². The van der Waals surface area contributed by atoms with Gasteiger partial charge >= 0.3 is 0 Å². The minimum Gasteiger partial charge on any atom is -0.508 e. The summed E-state index contributed by atoms with van der Waals surface area (Å²) in [6, 6.07) is 12.7. The highest BCUT2D eigenvalue weighted by Gasteiger charge is 2.32. The molecule has 2 aromatic carbocycles. The highest BCUT2D eigenvalue weighted by atomic mass is 35.5. The number of aromatic nitrogens is 2. The molecule has 0 saturated carbocycles. The molecule has 0 spiro atoms. The van der Waals surface area contributed by atoms with E-state index in [0.717, 1.165) is 44.0 Å². The molecular weight excluding hydrogens is 416 g/mol. The number of ether oxygens (including phenoxy) is 2. The predicted octanol–water partition coefficient (Wildman–Crippen LogP) is 3.34. The van der Waals surface area contributed by atoms with Gasteiger partial charge in [0.05, 0.1) is 18.8 Å². The molecule has 1 fully saturated rings. The molecule has 3 heterocycles. The van der Waals surface area contributed by atoms with E-state index in [4.69, 9.17) is 26.5 Å². The minimum absolute atomic E-state index is 0.125. The van der Waals surface area contributed by atoms with E-state index in [1.165, 1.54) is 0 Å². The van der Waals surface area contributed by atoms with E-state index in [9.17, 15) is 5.11 Å². The number of benzene rings is 2. The summed E-state index contributed by atoms with van der Waals surface area (Å²) in [4.78, 5) is 6.87. The van der Waals surface area contributed by atoms with Crippen LogP contribution < -0.4 is 10.2 Å². The lowest BCUT2D eigenvalue weighted by atomic mass is 9.84. The van der Waals surface area contributed by atoms with Crippen LogP contribution in [0.15, 0.2) is 48.8 Å². The first kappa shape index (κ1) is 20.1. The third-order valence-corrected chi connectivity index (χ3v) is 6.11. The zero-order valence-corrected chi connectivity index (χ0v) is 17.7. The zero-order valence-electron chi connectivity index (χ0n) is 16.9. The number of nitrogens with zero attached hydrogens (tertiary/aromatic N) is 3. The van der Waals surface area contributed by atoms with Crippen molar-refractivity contribution in [3.8, 4) is 17.4 Å². The summed E-state index contributed by atoms with van der Waals surface area (Å²) in [6.07, 6.45) is 1.66. The first-order chi connectivity index (χ1) is 15.1. The normalized spacial score (nSPS) is 18.2. The molecule has 2 aliphatic rings. The SMILES string of the molecule is N=c1c2c(ncn1CCN1CCOCC1)Oc1cc(O)ccc1C2c1ccc(Cl)cc1. The molecule has 1 atom stereocenters. The second kappa shape index (κ2) is 8.34. The van der Waals surface area contributed by atoms with Gasteiger partial charge in [-0.15, -0.1) is 0 Å². The molecule has 0 bridgehead atoms. The van der Waals surface area contributed by atoms with E-state index < -0.39 is 0 Å². The van der Waals surface area contributed by atoms with Crippen LogP contribution in [0.3, 0.4) is 0 Å². The molecule has 7 nitrogen and oxygen atoms in total. The first-order valence-electron chi connectivity index (χ1n) is 10.3. The Morgan fingerprint density at radius 2 is 1.87 bits per heavy atom. The number of phenolic OH excluding ortho intramolecular Hbond substituents is 1. The van der Waals surface area contributed by atoms with Crippen molar-refractivity contribution in [2.45, 2.75) is 12.5 Å². The monoisotopic (exact) mass is 438 g/mol. The van der Waals surface area contributed by atoms with Crippen LogP contribution >= 0.6 is 11.6 Å². The molecule has 8 heteroatoms. The highest BCUT2D eigenvalue weighted by Crippen LogP contribution is 2.46. The van der Waals surface area contributed by atoms with Gasteiger partial charge in [0.25, 0.3) is 0 Å². The van der Waals surface area contributed by atoms with Crippen molar-refractivity contribution in [3.63, 3.8) is 0 Å². The second-order valence-corrected chi connectivity index (χ2v) is 8.20. The summed E-state index contributed by atoms with van der Waals surface area (Å²) in [6.45, 7) is 4.79. The van der Waals surface area contributed by atoms with Crippen molar-refractivity contribution in [1.29, 1.82) is 5.41 Å². The molecule has 2 aliphatic heterocycles. The summed E-state index contributed by atoms with van der Waals surface area (Å²) in [5.41, 5.74) is 2.96. The van der Waals surface area contributed by atoms with Gasteiger partial charge in [0.2, 0.25) is 5.88 Å². The number of hydrogen-bond acceptors (Lipinski definition) is 6. The number of aromatic hydroxyl groups is 1. The lowest BCUT2D eigenvalue weighted by Crippen LogP contribution is -2.40. The Balaban J connectivity index is 1.56. The van der Waals surface area contributed by atoms with Crippen LogP contribution in [0.25, 0.3) is 0 Å². The van der Waals surface area contributed by atoms with Crippen LogP contribution in [-0.4, -0.2) is 52.4 Å². The second-order valence-electron chi connectivity index (χ2n) is 7.77. The van der Waals surface area contributed by atoms with Gasteiger partial charge in [0.1, 0.15) is 23.3 Å². The fourth-order valence-corrected chi connectivity index (χ4v) is 4.33. The number of rotatable bonds is 4. The van der Waals surface area contributed by atoms with Gasteiger partial charge in [-0.05, 0) is 23.8 Å². The van der Waals surface area contributed by atoms with E-state index in [-0.39, 0.29) is 11.7 Å². The molecule has 5 rings (SSSR count). The Labute approximate surface area is 185 Å². The quantitative estimate of drug-likeness (QED) is 0.510. The molecule has 1 aromatic heterocycles. The first-order valence-corrected chi connectivity index (χ1v) is 10.7. The topological polar surface area (TPSA) is 83.6 Å². The van der Waals surface area contributed by atoms with Gasteiger partial charge < -0.3 is 19.1 Å². The van der Waals surface area contributed by atoms with Crippen molar-refractivity contribution >= 4 is 11.6 Å². The molecular formula is C23H23ClN4O3. The van der Waals surface area contributed by atoms with Gasteiger partial charge in [-0.3, -0.25) is 10.3 Å². The summed E-state index contributed by atoms with van der Waals surface area (Å²) in [7, 11) is 0. The Bertz CT molecular complexity index is 1160. The van der Waals surface area contributed by atoms with Crippen LogP contribution in [0.1, 0.15) is 22.6 Å². The molecule has 3 aromatic rings. The summed E-state index contributed by atoms with van der Waals surface area (Å²) >= 11 is 6.12. The van der Waals surface area contributed by atoms with E-state index in [1.807, 2.05) is 34.9 Å². The molecule has 1 saturated heterocycles. The number of phenols is 1. The van der Waals surface area contributed by atoms with Gasteiger partial charge in [0, 0.05) is 48.7 Å². The van der Waals surface area contributed by atoms with Crippen LogP contribution in [0.5, 0.6) is 17.4 Å². The summed E-state index contributed by atoms with van der Waals surface area (Å²) in [5.74, 6) is 0.822. The fraction of sp³-hybridized carbons (Fsp3) is 0.304. The average Bonchev–Trinajstić information content (AvgIpc) is 2.78. The van der Waals surface area contributed by atoms with Gasteiger partial charge in [-0.1, -0.05) is 29.8 Å². The molecule has 31 heavy (non-hydrogen) atoms. The summed E-state index contributed by atoms with van der Waals surface area (Å²) in [5, 5.41) is 19.6. The van der Waals surface area contributed by atoms with Crippen molar-refractivity contribution in [2.75, 3.05) is 32.8 Å². The third kappa shape index (κ3) is 3.92. The largest absolute Gasteiger partial charge is 0.508 e.